The van der Waals surface area contributed by atoms with Gasteiger partial charge in [-0.3, -0.25) is 14.2 Å². The number of ketones is 1. The first kappa shape index (κ1) is 38.8. The number of ether oxygens (including phenoxy) is 1. The average molecular weight is 814 g/mol. The van der Waals surface area contributed by atoms with Crippen LogP contribution in [0.5, 0.6) is 0 Å². The molecule has 2 aliphatic carbocycles. The molecule has 298 valence electrons. The SMILES string of the molecule is Cn1nc(CS(C)(=O)=O)c2cccc(-c3ccc(C#CC4(C)COC4)nc3[C@@H](CC(=O)Cn3nc(C(F)(F)F)c4c3C(F)(F)[C@@H]3C[C@H]43)Cc3cc(F)cc(F)c3)c21. The number of Topliss-reactive ketones (excluding diaryl/α,β-unsaturated/α-hetero) is 1. The molecule has 9 nitrogen and oxygen atoms in total. The van der Waals surface area contributed by atoms with E-state index in [-0.39, 0.29) is 41.2 Å². The summed E-state index contributed by atoms with van der Waals surface area (Å²) in [6, 6.07) is 11.3. The monoisotopic (exact) mass is 813 g/mol. The van der Waals surface area contributed by atoms with Crippen molar-refractivity contribution >= 4 is 26.5 Å². The largest absolute Gasteiger partial charge is 0.435 e. The smallest absolute Gasteiger partial charge is 0.378 e. The van der Waals surface area contributed by atoms with Crippen molar-refractivity contribution in [1.82, 2.24) is 24.5 Å². The number of pyridine rings is 1. The highest BCUT2D eigenvalue weighted by Crippen LogP contribution is 2.68. The van der Waals surface area contributed by atoms with Gasteiger partial charge in [0.25, 0.3) is 5.92 Å². The van der Waals surface area contributed by atoms with Crippen molar-refractivity contribution in [1.29, 1.82) is 0 Å². The van der Waals surface area contributed by atoms with Gasteiger partial charge >= 0.3 is 6.18 Å². The number of para-hydroxylation sites is 1. The Morgan fingerprint density at radius 1 is 1.05 bits per heavy atom. The van der Waals surface area contributed by atoms with Crippen molar-refractivity contribution in [2.75, 3.05) is 19.5 Å². The highest BCUT2D eigenvalue weighted by molar-refractivity contribution is 7.89. The van der Waals surface area contributed by atoms with E-state index in [0.717, 1.165) is 18.4 Å². The third-order valence-electron chi connectivity index (χ3n) is 10.7. The van der Waals surface area contributed by atoms with Crippen LogP contribution in [0.2, 0.25) is 0 Å². The first-order valence-electron chi connectivity index (χ1n) is 18.0. The number of carbonyl (C=O) groups excluding carboxylic acids is 1. The Morgan fingerprint density at radius 3 is 2.42 bits per heavy atom. The lowest BCUT2D eigenvalue weighted by Crippen LogP contribution is -2.38. The molecular weight excluding hydrogens is 780 g/mol. The molecule has 1 saturated carbocycles. The fraction of sp³-hybridized carbons (Fsp3) is 0.400. The van der Waals surface area contributed by atoms with E-state index in [1.54, 1.807) is 37.4 Å². The molecule has 0 radical (unpaired) electrons. The normalized spacial score (nSPS) is 19.7. The summed E-state index contributed by atoms with van der Waals surface area (Å²) in [5.41, 5.74) is -1.10. The molecule has 0 amide bonds. The number of carbonyl (C=O) groups is 1. The molecule has 2 aromatic carbocycles. The minimum atomic E-state index is -5.03. The molecule has 0 N–H and O–H groups in total. The molecule has 4 heterocycles. The van der Waals surface area contributed by atoms with Crippen molar-refractivity contribution in [2.24, 2.45) is 18.4 Å². The van der Waals surface area contributed by atoms with E-state index in [1.807, 2.05) is 6.92 Å². The summed E-state index contributed by atoms with van der Waals surface area (Å²) in [6.45, 7) is 1.75. The zero-order chi connectivity index (χ0) is 40.8. The lowest BCUT2D eigenvalue weighted by atomic mass is 9.86. The standard InChI is InChI=1S/C40H34F7N5O4S/c1-38(19-56-20-38)10-9-25-7-8-27(28-5-4-6-29-32(18-57(3,54)55)49-51(2)35(28)29)34(48-25)22(11-21-12-23(41)15-24(42)13-21)14-26(53)17-52-37-33(36(50-52)40(45,46)47)30-16-31(30)39(37,43)44/h4-8,12-13,15,22,30-31H,11,14,16-20H2,1-3H3/t22-,30+,31-/m1/s1. The molecule has 3 aromatic heterocycles. The Hall–Kier alpha value is -5.08. The Kier molecular flexibility index (Phi) is 9.19. The molecule has 0 bridgehead atoms. The van der Waals surface area contributed by atoms with Crippen LogP contribution in [-0.2, 0) is 57.2 Å². The van der Waals surface area contributed by atoms with E-state index < -0.39 is 92.4 Å². The molecule has 57 heavy (non-hydrogen) atoms. The summed E-state index contributed by atoms with van der Waals surface area (Å²) >= 11 is 0. The fourth-order valence-corrected chi connectivity index (χ4v) is 8.85. The van der Waals surface area contributed by atoms with E-state index >= 15 is 8.78 Å². The summed E-state index contributed by atoms with van der Waals surface area (Å²) in [5.74, 6) is -3.74. The third kappa shape index (κ3) is 7.33. The number of aryl methyl sites for hydroxylation is 1. The molecule has 1 saturated heterocycles. The van der Waals surface area contributed by atoms with Gasteiger partial charge < -0.3 is 4.74 Å². The van der Waals surface area contributed by atoms with Gasteiger partial charge in [0, 0.05) is 59.7 Å². The van der Waals surface area contributed by atoms with Crippen molar-refractivity contribution in [3.63, 3.8) is 0 Å². The van der Waals surface area contributed by atoms with Crippen LogP contribution in [0.4, 0.5) is 30.7 Å². The average Bonchev–Trinajstić information content (AvgIpc) is 3.64. The minimum Gasteiger partial charge on any atom is -0.378 e. The van der Waals surface area contributed by atoms with Gasteiger partial charge in [-0.2, -0.15) is 32.1 Å². The van der Waals surface area contributed by atoms with E-state index in [9.17, 15) is 35.2 Å². The predicted molar refractivity (Wildman–Crippen MR) is 193 cm³/mol. The van der Waals surface area contributed by atoms with Crippen LogP contribution in [0.25, 0.3) is 22.0 Å². The molecule has 0 unspecified atom stereocenters. The Labute approximate surface area is 322 Å². The van der Waals surface area contributed by atoms with Gasteiger partial charge in [-0.25, -0.2) is 22.2 Å². The van der Waals surface area contributed by atoms with Gasteiger partial charge in [-0.05, 0) is 61.4 Å². The number of aromatic nitrogens is 5. The highest BCUT2D eigenvalue weighted by Gasteiger charge is 2.68. The summed E-state index contributed by atoms with van der Waals surface area (Å²) in [4.78, 5) is 18.9. The molecule has 3 aliphatic rings. The molecule has 2 fully saturated rings. The Balaban J connectivity index is 1.26. The summed E-state index contributed by atoms with van der Waals surface area (Å²) in [7, 11) is -1.88. The van der Waals surface area contributed by atoms with E-state index in [2.05, 4.69) is 22.0 Å². The number of hydrogen-bond donors (Lipinski definition) is 0. The number of benzene rings is 2. The van der Waals surface area contributed by atoms with Crippen molar-refractivity contribution < 1.29 is 48.7 Å². The lowest BCUT2D eigenvalue weighted by molar-refractivity contribution is -0.142. The second kappa shape index (κ2) is 13.5. The van der Waals surface area contributed by atoms with Crippen LogP contribution in [0.3, 0.4) is 0 Å². The van der Waals surface area contributed by atoms with Gasteiger partial charge in [-0.1, -0.05) is 24.1 Å². The topological polar surface area (TPSA) is 109 Å². The molecular formula is C40H34F7N5O4S. The van der Waals surface area contributed by atoms with Crippen molar-refractivity contribution in [3.8, 4) is 23.0 Å². The molecule has 1 aliphatic heterocycles. The zero-order valence-corrected chi connectivity index (χ0v) is 31.5. The van der Waals surface area contributed by atoms with Crippen LogP contribution in [0.1, 0.15) is 71.2 Å². The van der Waals surface area contributed by atoms with Gasteiger partial charge in [0.15, 0.2) is 21.3 Å². The number of alkyl halides is 5. The second-order valence-electron chi connectivity index (χ2n) is 15.5. The second-order valence-corrected chi connectivity index (χ2v) is 17.7. The van der Waals surface area contributed by atoms with Crippen LogP contribution in [-0.4, -0.2) is 58.2 Å². The number of rotatable bonds is 10. The molecule has 8 rings (SSSR count). The third-order valence-corrected chi connectivity index (χ3v) is 11.5. The fourth-order valence-electron chi connectivity index (χ4n) is 8.14. The van der Waals surface area contributed by atoms with Gasteiger partial charge in [0.2, 0.25) is 0 Å². The zero-order valence-electron chi connectivity index (χ0n) is 30.7. The Bertz CT molecular complexity index is 2630. The predicted octanol–water partition coefficient (Wildman–Crippen LogP) is 7.26. The van der Waals surface area contributed by atoms with Gasteiger partial charge in [0.05, 0.1) is 41.3 Å². The molecule has 17 heteroatoms. The summed E-state index contributed by atoms with van der Waals surface area (Å²) in [5, 5.41) is 8.49. The maximum atomic E-state index is 15.4. The lowest BCUT2D eigenvalue weighted by Gasteiger charge is -2.32. The quantitative estimate of drug-likeness (QED) is 0.108. The number of sulfone groups is 1. The minimum absolute atomic E-state index is 0.117. The number of nitrogens with zero attached hydrogens (tertiary/aromatic N) is 5. The number of fused-ring (bicyclic) bond motifs is 4. The van der Waals surface area contributed by atoms with Crippen molar-refractivity contribution in [3.05, 3.63) is 99.8 Å². The van der Waals surface area contributed by atoms with Crippen LogP contribution < -0.4 is 0 Å². The summed E-state index contributed by atoms with van der Waals surface area (Å²) in [6.07, 6.45) is -4.80. The van der Waals surface area contributed by atoms with Crippen LogP contribution in [0.15, 0.2) is 48.5 Å². The molecule has 3 atom stereocenters. The molecule has 0 spiro atoms. The highest BCUT2D eigenvalue weighted by atomic mass is 32.2. The number of hydrogen-bond acceptors (Lipinski definition) is 7. The van der Waals surface area contributed by atoms with E-state index in [0.29, 0.717) is 46.0 Å². The maximum absolute atomic E-state index is 15.4. The van der Waals surface area contributed by atoms with E-state index in [1.165, 1.54) is 4.68 Å². The van der Waals surface area contributed by atoms with Crippen LogP contribution in [0, 0.1) is 34.8 Å². The number of halogens is 7. The van der Waals surface area contributed by atoms with Gasteiger partial charge in [0.1, 0.15) is 29.6 Å². The van der Waals surface area contributed by atoms with Gasteiger partial charge in [-0.15, -0.1) is 0 Å². The first-order valence-corrected chi connectivity index (χ1v) is 20.0. The van der Waals surface area contributed by atoms with Crippen molar-refractivity contribution in [2.45, 2.75) is 62.4 Å². The first-order chi connectivity index (χ1) is 26.7. The maximum Gasteiger partial charge on any atom is 0.435 e. The summed E-state index contributed by atoms with van der Waals surface area (Å²) < 4.78 is 134. The molecule has 5 aromatic rings. The van der Waals surface area contributed by atoms with E-state index in [4.69, 9.17) is 9.72 Å². The van der Waals surface area contributed by atoms with Crippen LogP contribution >= 0.6 is 0 Å². The Morgan fingerprint density at radius 2 is 1.77 bits per heavy atom.